The molecule has 1 N–H and O–H groups in total. The zero-order valence-electron chi connectivity index (χ0n) is 15.4. The van der Waals surface area contributed by atoms with Crippen molar-refractivity contribution in [3.63, 3.8) is 0 Å². The molecule has 1 saturated heterocycles. The molecule has 0 saturated carbocycles. The number of rotatable bonds is 4. The number of nitrogens with one attached hydrogen (secondary N) is 1. The Morgan fingerprint density at radius 3 is 2.41 bits per heavy atom. The molecule has 1 aliphatic heterocycles. The number of piperidine rings is 1. The van der Waals surface area contributed by atoms with Crippen LogP contribution in [0.1, 0.15) is 33.1 Å². The van der Waals surface area contributed by atoms with Gasteiger partial charge in [0.2, 0.25) is 0 Å². The Labute approximate surface area is 155 Å². The van der Waals surface area contributed by atoms with Gasteiger partial charge in [-0.1, -0.05) is 12.1 Å². The van der Waals surface area contributed by atoms with Crippen molar-refractivity contribution in [2.75, 3.05) is 6.61 Å². The minimum absolute atomic E-state index is 0.111. The van der Waals surface area contributed by atoms with Gasteiger partial charge in [0.15, 0.2) is 6.61 Å². The summed E-state index contributed by atoms with van der Waals surface area (Å²) in [6.07, 6.45) is 2.93. The lowest BCUT2D eigenvalue weighted by atomic mass is 9.97. The second kappa shape index (κ2) is 7.77. The van der Waals surface area contributed by atoms with E-state index in [1.807, 2.05) is 13.8 Å². The quantitative estimate of drug-likeness (QED) is 0.807. The number of fused-ring (bicyclic) bond motifs is 1. The van der Waals surface area contributed by atoms with E-state index < -0.39 is 23.6 Å². The van der Waals surface area contributed by atoms with Gasteiger partial charge in [-0.2, -0.15) is 0 Å². The maximum absolute atomic E-state index is 12.4. The second-order valence-electron chi connectivity index (χ2n) is 6.97. The predicted octanol–water partition coefficient (Wildman–Crippen LogP) is 1.02. The molecule has 0 spiro atoms. The van der Waals surface area contributed by atoms with E-state index in [-0.39, 0.29) is 35.4 Å². The topological polar surface area (TPSA) is 101 Å². The number of nitrogens with zero attached hydrogens (tertiary/aromatic N) is 2. The summed E-state index contributed by atoms with van der Waals surface area (Å²) in [5, 5.41) is 2.85. The molecule has 0 radical (unpaired) electrons. The number of ether oxygens (including phenoxy) is 1. The van der Waals surface area contributed by atoms with E-state index in [0.717, 1.165) is 23.9 Å². The van der Waals surface area contributed by atoms with Crippen LogP contribution in [0, 0.1) is 0 Å². The molecule has 2 aromatic rings. The van der Waals surface area contributed by atoms with Gasteiger partial charge in [-0.15, -0.1) is 0 Å². The molecule has 1 aromatic carbocycles. The van der Waals surface area contributed by atoms with Crippen molar-refractivity contribution < 1.29 is 14.3 Å². The normalized spacial score (nSPS) is 19.9. The van der Waals surface area contributed by atoms with Gasteiger partial charge in [0.25, 0.3) is 17.0 Å². The number of aromatic amines is 1. The van der Waals surface area contributed by atoms with Gasteiger partial charge in [0.1, 0.15) is 6.54 Å². The van der Waals surface area contributed by atoms with Crippen molar-refractivity contribution in [1.29, 1.82) is 0 Å². The molecule has 27 heavy (non-hydrogen) atoms. The molecule has 1 amide bonds. The Balaban J connectivity index is 1.67. The Bertz CT molecular complexity index is 967. The van der Waals surface area contributed by atoms with Gasteiger partial charge in [0.05, 0.1) is 10.8 Å². The van der Waals surface area contributed by atoms with Crippen LogP contribution in [0.3, 0.4) is 0 Å². The smallest absolute Gasteiger partial charge is 0.328 e. The largest absolute Gasteiger partial charge is 0.454 e. The van der Waals surface area contributed by atoms with E-state index in [1.165, 1.54) is 12.1 Å². The summed E-state index contributed by atoms with van der Waals surface area (Å²) in [7, 11) is 0. The number of carbonyl (C=O) groups is 2. The fraction of sp³-hybridized carbons (Fsp3) is 0.474. The van der Waals surface area contributed by atoms with Crippen molar-refractivity contribution in [3.05, 3.63) is 45.0 Å². The average Bonchev–Trinajstić information content (AvgIpc) is 2.64. The molecule has 2 heterocycles. The lowest BCUT2D eigenvalue weighted by Gasteiger charge is -2.38. The van der Waals surface area contributed by atoms with Crippen LogP contribution in [0.25, 0.3) is 10.8 Å². The van der Waals surface area contributed by atoms with Gasteiger partial charge in [0, 0.05) is 12.1 Å². The van der Waals surface area contributed by atoms with Gasteiger partial charge in [-0.25, -0.2) is 4.68 Å². The number of likely N-dealkylation sites (tertiary alicyclic amines) is 1. The molecule has 1 fully saturated rings. The highest BCUT2D eigenvalue weighted by Gasteiger charge is 2.29. The lowest BCUT2D eigenvalue weighted by Crippen LogP contribution is -2.49. The van der Waals surface area contributed by atoms with Crippen LogP contribution in [-0.4, -0.2) is 45.2 Å². The third-order valence-corrected chi connectivity index (χ3v) is 5.01. The first-order chi connectivity index (χ1) is 12.9. The van der Waals surface area contributed by atoms with Gasteiger partial charge < -0.3 is 9.64 Å². The van der Waals surface area contributed by atoms with Gasteiger partial charge >= 0.3 is 5.97 Å². The van der Waals surface area contributed by atoms with E-state index in [0.29, 0.717) is 0 Å². The standard InChI is InChI=1S/C19H23N3O5/c1-12-6-5-7-13(2)22(12)16(23)11-27-17(24)10-21-19(26)15-9-4-3-8-14(15)18(25)20-21/h3-4,8-9,12-13H,5-7,10-11H2,1-2H3,(H,20,25). The first kappa shape index (κ1) is 18.9. The third-order valence-electron chi connectivity index (χ3n) is 5.01. The number of esters is 1. The number of aromatic nitrogens is 2. The van der Waals surface area contributed by atoms with Crippen molar-refractivity contribution in [2.45, 2.75) is 51.7 Å². The van der Waals surface area contributed by atoms with E-state index in [4.69, 9.17) is 4.74 Å². The fourth-order valence-electron chi connectivity index (χ4n) is 3.66. The number of carbonyl (C=O) groups excluding carboxylic acids is 2. The molecule has 0 bridgehead atoms. The summed E-state index contributed by atoms with van der Waals surface area (Å²) < 4.78 is 5.96. The molecule has 1 aliphatic rings. The van der Waals surface area contributed by atoms with E-state index >= 15 is 0 Å². The first-order valence-corrected chi connectivity index (χ1v) is 9.07. The molecule has 8 nitrogen and oxygen atoms in total. The average molecular weight is 373 g/mol. The Morgan fingerprint density at radius 1 is 1.11 bits per heavy atom. The van der Waals surface area contributed by atoms with Gasteiger partial charge in [-0.3, -0.25) is 24.3 Å². The summed E-state index contributed by atoms with van der Waals surface area (Å²) in [5.74, 6) is -1.00. The van der Waals surface area contributed by atoms with Crippen LogP contribution >= 0.6 is 0 Å². The number of benzene rings is 1. The van der Waals surface area contributed by atoms with Crippen LogP contribution in [0.5, 0.6) is 0 Å². The third kappa shape index (κ3) is 3.94. The minimum atomic E-state index is -0.756. The second-order valence-corrected chi connectivity index (χ2v) is 6.97. The number of amides is 1. The SMILES string of the molecule is CC1CCCC(C)N1C(=O)COC(=O)Cn1[nH]c(=O)c2ccccc2c1=O. The summed E-state index contributed by atoms with van der Waals surface area (Å²) in [6, 6.07) is 6.59. The highest BCUT2D eigenvalue weighted by molar-refractivity contribution is 5.82. The van der Waals surface area contributed by atoms with Gasteiger partial charge in [-0.05, 0) is 45.2 Å². The molecular formula is C19H23N3O5. The zero-order valence-corrected chi connectivity index (χ0v) is 15.4. The number of H-pyrrole nitrogens is 1. The molecule has 2 atom stereocenters. The molecule has 144 valence electrons. The molecular weight excluding hydrogens is 350 g/mol. The molecule has 0 aliphatic carbocycles. The summed E-state index contributed by atoms with van der Waals surface area (Å²) in [4.78, 5) is 50.7. The zero-order chi connectivity index (χ0) is 19.6. The number of hydrogen-bond donors (Lipinski definition) is 1. The highest BCUT2D eigenvalue weighted by Crippen LogP contribution is 2.22. The van der Waals surface area contributed by atoms with E-state index in [2.05, 4.69) is 5.10 Å². The van der Waals surface area contributed by atoms with Crippen molar-refractivity contribution in [1.82, 2.24) is 14.7 Å². The van der Waals surface area contributed by atoms with Crippen LogP contribution in [0.15, 0.2) is 33.9 Å². The first-order valence-electron chi connectivity index (χ1n) is 9.07. The monoisotopic (exact) mass is 373 g/mol. The van der Waals surface area contributed by atoms with Crippen LogP contribution in [-0.2, 0) is 20.9 Å². The molecule has 8 heteroatoms. The minimum Gasteiger partial charge on any atom is -0.454 e. The van der Waals surface area contributed by atoms with Crippen molar-refractivity contribution in [2.24, 2.45) is 0 Å². The lowest BCUT2D eigenvalue weighted by molar-refractivity contribution is -0.155. The van der Waals surface area contributed by atoms with Crippen LogP contribution in [0.2, 0.25) is 0 Å². The van der Waals surface area contributed by atoms with Crippen LogP contribution < -0.4 is 11.1 Å². The maximum Gasteiger partial charge on any atom is 0.328 e. The summed E-state index contributed by atoms with van der Waals surface area (Å²) >= 11 is 0. The summed E-state index contributed by atoms with van der Waals surface area (Å²) in [5.41, 5.74) is -0.961. The maximum atomic E-state index is 12.4. The number of hydrogen-bond acceptors (Lipinski definition) is 5. The van der Waals surface area contributed by atoms with Crippen molar-refractivity contribution >= 4 is 22.6 Å². The Hall–Kier alpha value is -2.90. The summed E-state index contributed by atoms with van der Waals surface area (Å²) in [6.45, 7) is 3.13. The molecule has 1 aromatic heterocycles. The van der Waals surface area contributed by atoms with Crippen molar-refractivity contribution in [3.8, 4) is 0 Å². The molecule has 3 rings (SSSR count). The fourth-order valence-corrected chi connectivity index (χ4v) is 3.66. The highest BCUT2D eigenvalue weighted by atomic mass is 16.5. The molecule has 2 unspecified atom stereocenters. The predicted molar refractivity (Wildman–Crippen MR) is 99.4 cm³/mol. The Morgan fingerprint density at radius 2 is 1.74 bits per heavy atom. The van der Waals surface area contributed by atoms with Crippen LogP contribution in [0.4, 0.5) is 0 Å². The van der Waals surface area contributed by atoms with E-state index in [1.54, 1.807) is 17.0 Å². The Kier molecular flexibility index (Phi) is 5.43. The van der Waals surface area contributed by atoms with E-state index in [9.17, 15) is 19.2 Å².